The highest BCUT2D eigenvalue weighted by atomic mass is 16.5. The molecule has 0 aliphatic heterocycles. The molecule has 2 nitrogen and oxygen atoms in total. The normalized spacial score (nSPS) is 14.5. The van der Waals surface area contributed by atoms with Gasteiger partial charge in [-0.3, -0.25) is 0 Å². The zero-order valence-corrected chi connectivity index (χ0v) is 10.8. The fourth-order valence-electron chi connectivity index (χ4n) is 2.06. The molecule has 0 heterocycles. The Bertz CT molecular complexity index is 311. The van der Waals surface area contributed by atoms with Crippen molar-refractivity contribution in [2.75, 3.05) is 14.2 Å². The molecule has 0 spiro atoms. The predicted molar refractivity (Wildman–Crippen MR) is 69.0 cm³/mol. The fraction of sp³-hybridized carbons (Fsp3) is 0.571. The zero-order chi connectivity index (χ0) is 12.0. The lowest BCUT2D eigenvalue weighted by Gasteiger charge is -2.23. The van der Waals surface area contributed by atoms with Crippen LogP contribution in [0.25, 0.3) is 0 Å². The fourth-order valence-corrected chi connectivity index (χ4v) is 2.06. The van der Waals surface area contributed by atoms with Crippen molar-refractivity contribution in [1.29, 1.82) is 0 Å². The Morgan fingerprint density at radius 2 is 2.00 bits per heavy atom. The van der Waals surface area contributed by atoms with Crippen molar-refractivity contribution < 1.29 is 4.74 Å². The largest absolute Gasteiger partial charge is 0.496 e. The third-order valence-electron chi connectivity index (χ3n) is 3.36. The Labute approximate surface area is 99.0 Å². The molecule has 1 rings (SSSR count). The molecule has 0 aliphatic carbocycles. The third kappa shape index (κ3) is 3.24. The molecule has 1 aromatic carbocycles. The second-order valence-corrected chi connectivity index (χ2v) is 4.26. The predicted octanol–water partition coefficient (Wildman–Crippen LogP) is 2.87. The van der Waals surface area contributed by atoms with Crippen LogP contribution < -0.4 is 10.1 Å². The number of benzene rings is 1. The van der Waals surface area contributed by atoms with Gasteiger partial charge in [-0.25, -0.2) is 0 Å². The molecular formula is C14H23NO. The van der Waals surface area contributed by atoms with Crippen molar-refractivity contribution >= 4 is 0 Å². The Morgan fingerprint density at radius 3 is 2.56 bits per heavy atom. The van der Waals surface area contributed by atoms with E-state index in [0.29, 0.717) is 12.0 Å². The summed E-state index contributed by atoms with van der Waals surface area (Å²) in [5.74, 6) is 1.66. The molecule has 2 unspecified atom stereocenters. The van der Waals surface area contributed by atoms with Gasteiger partial charge in [0.05, 0.1) is 7.11 Å². The molecule has 90 valence electrons. The van der Waals surface area contributed by atoms with Crippen LogP contribution in [-0.4, -0.2) is 20.2 Å². The Hall–Kier alpha value is -1.02. The number of rotatable bonds is 6. The lowest BCUT2D eigenvalue weighted by Crippen LogP contribution is -2.31. The molecule has 16 heavy (non-hydrogen) atoms. The summed E-state index contributed by atoms with van der Waals surface area (Å²) >= 11 is 0. The molecule has 1 N–H and O–H groups in total. The molecule has 2 atom stereocenters. The van der Waals surface area contributed by atoms with Crippen LogP contribution in [0.15, 0.2) is 24.3 Å². The molecular weight excluding hydrogens is 198 g/mol. The summed E-state index contributed by atoms with van der Waals surface area (Å²) in [5, 5.41) is 3.33. The average molecular weight is 221 g/mol. The van der Waals surface area contributed by atoms with E-state index < -0.39 is 0 Å². The van der Waals surface area contributed by atoms with Crippen LogP contribution in [0.4, 0.5) is 0 Å². The van der Waals surface area contributed by atoms with E-state index in [1.54, 1.807) is 7.11 Å². The van der Waals surface area contributed by atoms with E-state index in [-0.39, 0.29) is 0 Å². The zero-order valence-electron chi connectivity index (χ0n) is 10.8. The quantitative estimate of drug-likeness (QED) is 0.797. The minimum Gasteiger partial charge on any atom is -0.496 e. The van der Waals surface area contributed by atoms with Crippen LogP contribution in [0.5, 0.6) is 5.75 Å². The molecule has 0 saturated carbocycles. The monoisotopic (exact) mass is 221 g/mol. The third-order valence-corrected chi connectivity index (χ3v) is 3.36. The number of ether oxygens (including phenoxy) is 1. The summed E-state index contributed by atoms with van der Waals surface area (Å²) in [5.41, 5.74) is 1.30. The number of methoxy groups -OCH3 is 1. The van der Waals surface area contributed by atoms with E-state index in [1.165, 1.54) is 12.0 Å². The Kier molecular flexibility index (Phi) is 5.33. The van der Waals surface area contributed by atoms with Crippen molar-refractivity contribution in [2.45, 2.75) is 32.7 Å². The number of hydrogen-bond donors (Lipinski definition) is 1. The van der Waals surface area contributed by atoms with Crippen LogP contribution in [0.3, 0.4) is 0 Å². The highest BCUT2D eigenvalue weighted by molar-refractivity contribution is 5.33. The molecule has 0 radical (unpaired) electrons. The maximum Gasteiger partial charge on any atom is 0.122 e. The van der Waals surface area contributed by atoms with Gasteiger partial charge >= 0.3 is 0 Å². The molecule has 0 bridgehead atoms. The van der Waals surface area contributed by atoms with Crippen molar-refractivity contribution in [3.05, 3.63) is 29.8 Å². The van der Waals surface area contributed by atoms with E-state index in [2.05, 4.69) is 31.3 Å². The molecule has 0 aromatic heterocycles. The SMILES string of the molecule is CCC(Cc1ccccc1OC)C(C)NC. The number of hydrogen-bond acceptors (Lipinski definition) is 2. The molecule has 0 fully saturated rings. The molecule has 0 aliphatic rings. The van der Waals surface area contributed by atoms with Gasteiger partial charge in [0.2, 0.25) is 0 Å². The maximum absolute atomic E-state index is 5.38. The van der Waals surface area contributed by atoms with Gasteiger partial charge in [0, 0.05) is 6.04 Å². The molecule has 0 amide bonds. The Balaban J connectivity index is 2.77. The minimum absolute atomic E-state index is 0.537. The highest BCUT2D eigenvalue weighted by Crippen LogP contribution is 2.23. The van der Waals surface area contributed by atoms with Gasteiger partial charge < -0.3 is 10.1 Å². The summed E-state index contributed by atoms with van der Waals surface area (Å²) in [6.45, 7) is 4.48. The van der Waals surface area contributed by atoms with E-state index in [0.717, 1.165) is 12.2 Å². The van der Waals surface area contributed by atoms with Crippen molar-refractivity contribution in [1.82, 2.24) is 5.32 Å². The summed E-state index contributed by atoms with van der Waals surface area (Å²) in [7, 11) is 3.76. The molecule has 2 heteroatoms. The van der Waals surface area contributed by atoms with Gasteiger partial charge in [-0.05, 0) is 37.9 Å². The van der Waals surface area contributed by atoms with E-state index in [4.69, 9.17) is 4.74 Å². The maximum atomic E-state index is 5.38. The summed E-state index contributed by atoms with van der Waals surface area (Å²) in [4.78, 5) is 0. The van der Waals surface area contributed by atoms with Crippen LogP contribution in [0.1, 0.15) is 25.8 Å². The first-order chi connectivity index (χ1) is 7.72. The smallest absolute Gasteiger partial charge is 0.122 e. The first-order valence-electron chi connectivity index (χ1n) is 6.02. The second kappa shape index (κ2) is 6.54. The Morgan fingerprint density at radius 1 is 1.31 bits per heavy atom. The lowest BCUT2D eigenvalue weighted by atomic mass is 9.90. The van der Waals surface area contributed by atoms with Crippen molar-refractivity contribution in [2.24, 2.45) is 5.92 Å². The standard InChI is InChI=1S/C14H23NO/c1-5-12(11(2)15-3)10-13-8-6-7-9-14(13)16-4/h6-9,11-12,15H,5,10H2,1-4H3. The van der Waals surface area contributed by atoms with Crippen LogP contribution in [0, 0.1) is 5.92 Å². The van der Waals surface area contributed by atoms with Gasteiger partial charge in [-0.15, -0.1) is 0 Å². The van der Waals surface area contributed by atoms with Gasteiger partial charge in [0.25, 0.3) is 0 Å². The van der Waals surface area contributed by atoms with Gasteiger partial charge in [-0.2, -0.15) is 0 Å². The first kappa shape index (κ1) is 13.0. The molecule has 1 aromatic rings. The summed E-state index contributed by atoms with van der Waals surface area (Å²) in [6.07, 6.45) is 2.25. The minimum atomic E-state index is 0.537. The first-order valence-corrected chi connectivity index (χ1v) is 6.02. The van der Waals surface area contributed by atoms with Crippen molar-refractivity contribution in [3.8, 4) is 5.75 Å². The van der Waals surface area contributed by atoms with Crippen LogP contribution >= 0.6 is 0 Å². The van der Waals surface area contributed by atoms with Crippen molar-refractivity contribution in [3.63, 3.8) is 0 Å². The lowest BCUT2D eigenvalue weighted by molar-refractivity contribution is 0.367. The second-order valence-electron chi connectivity index (χ2n) is 4.26. The average Bonchev–Trinajstić information content (AvgIpc) is 2.35. The topological polar surface area (TPSA) is 21.3 Å². The van der Waals surface area contributed by atoms with E-state index in [1.807, 2.05) is 19.2 Å². The van der Waals surface area contributed by atoms with E-state index >= 15 is 0 Å². The number of para-hydroxylation sites is 1. The molecule has 0 saturated heterocycles. The van der Waals surface area contributed by atoms with Gasteiger partial charge in [-0.1, -0.05) is 31.5 Å². The van der Waals surface area contributed by atoms with E-state index in [9.17, 15) is 0 Å². The van der Waals surface area contributed by atoms with Gasteiger partial charge in [0.1, 0.15) is 5.75 Å². The highest BCUT2D eigenvalue weighted by Gasteiger charge is 2.15. The van der Waals surface area contributed by atoms with Gasteiger partial charge in [0.15, 0.2) is 0 Å². The van der Waals surface area contributed by atoms with Crippen LogP contribution in [-0.2, 0) is 6.42 Å². The number of nitrogens with one attached hydrogen (secondary N) is 1. The van der Waals surface area contributed by atoms with Crippen LogP contribution in [0.2, 0.25) is 0 Å². The summed E-state index contributed by atoms with van der Waals surface area (Å²) < 4.78 is 5.38. The summed E-state index contributed by atoms with van der Waals surface area (Å²) in [6, 6.07) is 8.82.